The first-order valence-corrected chi connectivity index (χ1v) is 8.58. The molecule has 144 valence electrons. The molecule has 0 atom stereocenters. The molecule has 0 aliphatic heterocycles. The fourth-order valence-electron chi connectivity index (χ4n) is 2.48. The number of nitrogens with zero attached hydrogens (tertiary/aromatic N) is 1. The predicted molar refractivity (Wildman–Crippen MR) is 98.5 cm³/mol. The van der Waals surface area contributed by atoms with Crippen LogP contribution in [-0.4, -0.2) is 30.5 Å². The van der Waals surface area contributed by atoms with Gasteiger partial charge in [0.1, 0.15) is 11.6 Å². The molecule has 1 heterocycles. The second kappa shape index (κ2) is 8.94. The first-order chi connectivity index (χ1) is 13.5. The molecule has 0 fully saturated rings. The summed E-state index contributed by atoms with van der Waals surface area (Å²) in [6.45, 7) is -0.349. The smallest absolute Gasteiger partial charge is 0.306 e. The molecule has 0 aliphatic carbocycles. The summed E-state index contributed by atoms with van der Waals surface area (Å²) in [6, 6.07) is 12.4. The number of carbonyl (C=O) groups excluding carboxylic acids is 2. The maximum atomic E-state index is 13.0. The van der Waals surface area contributed by atoms with E-state index in [1.807, 2.05) is 0 Å². The molecule has 0 saturated carbocycles. The Morgan fingerprint density at radius 1 is 1.14 bits per heavy atom. The third-order valence-corrected chi connectivity index (χ3v) is 3.98. The summed E-state index contributed by atoms with van der Waals surface area (Å²) >= 11 is 0. The second-order valence-corrected chi connectivity index (χ2v) is 5.94. The van der Waals surface area contributed by atoms with Gasteiger partial charge in [-0.25, -0.2) is 9.37 Å². The van der Waals surface area contributed by atoms with Gasteiger partial charge in [-0.05, 0) is 36.4 Å². The monoisotopic (exact) mass is 383 g/mol. The average Bonchev–Trinajstić information content (AvgIpc) is 3.20. The first kappa shape index (κ1) is 19.3. The molecule has 0 saturated heterocycles. The SMILES string of the molecule is COc1cccc(C(=O)COC(=O)CCc2ncc(-c3ccc(F)cc3)o2)c1. The zero-order valence-corrected chi connectivity index (χ0v) is 15.2. The van der Waals surface area contributed by atoms with Gasteiger partial charge in [0.15, 0.2) is 24.0 Å². The molecule has 0 radical (unpaired) electrons. The highest BCUT2D eigenvalue weighted by atomic mass is 19.1. The summed E-state index contributed by atoms with van der Waals surface area (Å²) in [5, 5.41) is 0. The summed E-state index contributed by atoms with van der Waals surface area (Å²) in [6.07, 6.45) is 1.77. The number of methoxy groups -OCH3 is 1. The van der Waals surface area contributed by atoms with E-state index in [9.17, 15) is 14.0 Å². The van der Waals surface area contributed by atoms with Crippen molar-refractivity contribution in [2.45, 2.75) is 12.8 Å². The zero-order valence-electron chi connectivity index (χ0n) is 15.2. The summed E-state index contributed by atoms with van der Waals surface area (Å²) in [4.78, 5) is 28.1. The van der Waals surface area contributed by atoms with Gasteiger partial charge in [0.25, 0.3) is 0 Å². The highest BCUT2D eigenvalue weighted by molar-refractivity contribution is 5.98. The molecule has 2 aromatic carbocycles. The van der Waals surface area contributed by atoms with Crippen LogP contribution in [0.3, 0.4) is 0 Å². The van der Waals surface area contributed by atoms with E-state index in [-0.39, 0.29) is 31.0 Å². The summed E-state index contributed by atoms with van der Waals surface area (Å²) < 4.78 is 28.6. The van der Waals surface area contributed by atoms with Crippen LogP contribution < -0.4 is 4.74 Å². The van der Waals surface area contributed by atoms with Crippen molar-refractivity contribution >= 4 is 11.8 Å². The maximum absolute atomic E-state index is 13.0. The van der Waals surface area contributed by atoms with Crippen molar-refractivity contribution < 1.29 is 27.9 Å². The van der Waals surface area contributed by atoms with Gasteiger partial charge < -0.3 is 13.9 Å². The number of ether oxygens (including phenoxy) is 2. The molecule has 0 aliphatic rings. The van der Waals surface area contributed by atoms with Crippen molar-refractivity contribution in [1.82, 2.24) is 4.98 Å². The van der Waals surface area contributed by atoms with Crippen molar-refractivity contribution in [3.8, 4) is 17.1 Å². The highest BCUT2D eigenvalue weighted by Crippen LogP contribution is 2.21. The predicted octanol–water partition coefficient (Wildman–Crippen LogP) is 3.85. The van der Waals surface area contributed by atoms with Crippen LogP contribution in [0.5, 0.6) is 5.75 Å². The Kier molecular flexibility index (Phi) is 6.16. The lowest BCUT2D eigenvalue weighted by molar-refractivity contribution is -0.142. The van der Waals surface area contributed by atoms with Gasteiger partial charge in [-0.1, -0.05) is 12.1 Å². The van der Waals surface area contributed by atoms with Crippen LogP contribution in [0, 0.1) is 5.82 Å². The molecule has 0 unspecified atom stereocenters. The molecule has 28 heavy (non-hydrogen) atoms. The molecule has 7 heteroatoms. The molecule has 0 bridgehead atoms. The first-order valence-electron chi connectivity index (χ1n) is 8.58. The Balaban J connectivity index is 1.48. The molecular weight excluding hydrogens is 365 g/mol. The normalized spacial score (nSPS) is 10.5. The Morgan fingerprint density at radius 3 is 2.68 bits per heavy atom. The summed E-state index contributed by atoms with van der Waals surface area (Å²) in [7, 11) is 1.51. The molecule has 1 aromatic heterocycles. The lowest BCUT2D eigenvalue weighted by Crippen LogP contribution is -2.14. The largest absolute Gasteiger partial charge is 0.497 e. The standard InChI is InChI=1S/C21H18FNO5/c1-26-17-4-2-3-15(11-17)18(24)13-27-21(25)10-9-20-23-12-19(28-20)14-5-7-16(22)8-6-14/h2-8,11-12H,9-10,13H2,1H3. The van der Waals surface area contributed by atoms with Gasteiger partial charge in [-0.2, -0.15) is 0 Å². The van der Waals surface area contributed by atoms with Crippen molar-refractivity contribution in [2.75, 3.05) is 13.7 Å². The number of halogens is 1. The Morgan fingerprint density at radius 2 is 1.93 bits per heavy atom. The van der Waals surface area contributed by atoms with Crippen LogP contribution in [0.25, 0.3) is 11.3 Å². The lowest BCUT2D eigenvalue weighted by Gasteiger charge is -2.05. The van der Waals surface area contributed by atoms with E-state index >= 15 is 0 Å². The summed E-state index contributed by atoms with van der Waals surface area (Å²) in [5.74, 6) is 0.208. The van der Waals surface area contributed by atoms with Crippen molar-refractivity contribution in [2.24, 2.45) is 0 Å². The van der Waals surface area contributed by atoms with E-state index in [2.05, 4.69) is 4.98 Å². The molecule has 0 spiro atoms. The van der Waals surface area contributed by atoms with Crippen LogP contribution in [0.4, 0.5) is 4.39 Å². The van der Waals surface area contributed by atoms with E-state index in [0.29, 0.717) is 28.5 Å². The number of hydrogen-bond acceptors (Lipinski definition) is 6. The highest BCUT2D eigenvalue weighted by Gasteiger charge is 2.13. The minimum Gasteiger partial charge on any atom is -0.497 e. The van der Waals surface area contributed by atoms with Gasteiger partial charge in [-0.15, -0.1) is 0 Å². The van der Waals surface area contributed by atoms with E-state index in [0.717, 1.165) is 0 Å². The second-order valence-electron chi connectivity index (χ2n) is 5.94. The number of benzene rings is 2. The fourth-order valence-corrected chi connectivity index (χ4v) is 2.48. The van der Waals surface area contributed by atoms with Gasteiger partial charge in [0.2, 0.25) is 0 Å². The number of rotatable bonds is 8. The minimum absolute atomic E-state index is 0.0226. The molecule has 3 aromatic rings. The van der Waals surface area contributed by atoms with Crippen molar-refractivity contribution in [3.63, 3.8) is 0 Å². The van der Waals surface area contributed by atoms with Gasteiger partial charge >= 0.3 is 5.97 Å². The number of carbonyl (C=O) groups is 2. The number of oxazole rings is 1. The Labute approximate surface area is 160 Å². The zero-order chi connectivity index (χ0) is 19.9. The third-order valence-electron chi connectivity index (χ3n) is 3.98. The van der Waals surface area contributed by atoms with E-state index in [1.54, 1.807) is 36.4 Å². The maximum Gasteiger partial charge on any atom is 0.306 e. The fraction of sp³-hybridized carbons (Fsp3) is 0.190. The molecule has 0 amide bonds. The van der Waals surface area contributed by atoms with Crippen LogP contribution in [-0.2, 0) is 16.0 Å². The van der Waals surface area contributed by atoms with E-state index in [1.165, 1.54) is 25.4 Å². The van der Waals surface area contributed by atoms with Crippen molar-refractivity contribution in [3.05, 3.63) is 72.0 Å². The quantitative estimate of drug-likeness (QED) is 0.434. The number of Topliss-reactive ketones (excluding diaryl/α,β-unsaturated/α-hetero) is 1. The molecule has 0 N–H and O–H groups in total. The molecular formula is C21H18FNO5. The minimum atomic E-state index is -0.530. The van der Waals surface area contributed by atoms with E-state index < -0.39 is 5.97 Å². The molecule has 3 rings (SSSR count). The van der Waals surface area contributed by atoms with Gasteiger partial charge in [0.05, 0.1) is 19.7 Å². The number of aryl methyl sites for hydroxylation is 1. The number of hydrogen-bond donors (Lipinski definition) is 0. The Hall–Kier alpha value is -3.48. The number of ketones is 1. The van der Waals surface area contributed by atoms with Gasteiger partial charge in [-0.3, -0.25) is 9.59 Å². The third kappa shape index (κ3) is 5.03. The molecule has 6 nitrogen and oxygen atoms in total. The van der Waals surface area contributed by atoms with Crippen molar-refractivity contribution in [1.29, 1.82) is 0 Å². The Bertz CT molecular complexity index is 965. The van der Waals surface area contributed by atoms with Gasteiger partial charge in [0, 0.05) is 17.5 Å². The van der Waals surface area contributed by atoms with E-state index in [4.69, 9.17) is 13.9 Å². The topological polar surface area (TPSA) is 78.6 Å². The van der Waals surface area contributed by atoms with Crippen LogP contribution in [0.2, 0.25) is 0 Å². The summed E-state index contributed by atoms with van der Waals surface area (Å²) in [5.41, 5.74) is 1.09. The number of esters is 1. The van der Waals surface area contributed by atoms with Crippen LogP contribution in [0.15, 0.2) is 59.1 Å². The lowest BCUT2D eigenvalue weighted by atomic mass is 10.1. The van der Waals surface area contributed by atoms with Crippen LogP contribution >= 0.6 is 0 Å². The van der Waals surface area contributed by atoms with Crippen LogP contribution in [0.1, 0.15) is 22.7 Å². The number of aromatic nitrogens is 1. The average molecular weight is 383 g/mol.